The van der Waals surface area contributed by atoms with E-state index in [4.69, 9.17) is 4.74 Å². The summed E-state index contributed by atoms with van der Waals surface area (Å²) >= 11 is 0. The summed E-state index contributed by atoms with van der Waals surface area (Å²) < 4.78 is 17.7. The zero-order valence-electron chi connectivity index (χ0n) is 9.48. The van der Waals surface area contributed by atoms with Crippen LogP contribution in [0.25, 0.3) is 0 Å². The van der Waals surface area contributed by atoms with Crippen molar-refractivity contribution in [2.75, 3.05) is 12.4 Å². The maximum absolute atomic E-state index is 12.7. The molecule has 0 saturated carbocycles. The predicted octanol–water partition coefficient (Wildman–Crippen LogP) is 3.11. The number of halogens is 1. The third kappa shape index (κ3) is 3.26. The van der Waals surface area contributed by atoms with E-state index in [0.29, 0.717) is 6.61 Å². The van der Waals surface area contributed by atoms with Crippen molar-refractivity contribution in [3.63, 3.8) is 0 Å². The highest BCUT2D eigenvalue weighted by atomic mass is 19.1. The lowest BCUT2D eigenvalue weighted by atomic mass is 10.3. The van der Waals surface area contributed by atoms with Crippen molar-refractivity contribution >= 4 is 11.4 Å². The van der Waals surface area contributed by atoms with Crippen LogP contribution in [0.4, 0.5) is 15.8 Å². The largest absolute Gasteiger partial charge is 0.378 e. The van der Waals surface area contributed by atoms with Gasteiger partial charge in [-0.15, -0.1) is 0 Å². The Morgan fingerprint density at radius 3 is 2.41 bits per heavy atom. The van der Waals surface area contributed by atoms with Crippen LogP contribution >= 0.6 is 0 Å². The summed E-state index contributed by atoms with van der Waals surface area (Å²) in [6.07, 6.45) is 1.72. The first-order valence-corrected chi connectivity index (χ1v) is 5.24. The molecule has 4 heteroatoms. The van der Waals surface area contributed by atoms with Crippen molar-refractivity contribution in [2.45, 2.75) is 6.61 Å². The molecule has 1 aromatic carbocycles. The molecule has 0 fully saturated rings. The zero-order valence-corrected chi connectivity index (χ0v) is 9.48. The van der Waals surface area contributed by atoms with E-state index in [2.05, 4.69) is 10.3 Å². The molecule has 0 aliphatic heterocycles. The van der Waals surface area contributed by atoms with Gasteiger partial charge in [0.2, 0.25) is 0 Å². The molecule has 0 atom stereocenters. The van der Waals surface area contributed by atoms with Gasteiger partial charge < -0.3 is 10.1 Å². The summed E-state index contributed by atoms with van der Waals surface area (Å²) in [5.74, 6) is -0.246. The van der Waals surface area contributed by atoms with Crippen molar-refractivity contribution in [1.29, 1.82) is 0 Å². The molecule has 2 rings (SSSR count). The highest BCUT2D eigenvalue weighted by Crippen LogP contribution is 2.16. The monoisotopic (exact) mass is 232 g/mol. The number of pyridine rings is 1. The lowest BCUT2D eigenvalue weighted by molar-refractivity contribution is 0.181. The summed E-state index contributed by atoms with van der Waals surface area (Å²) in [6, 6.07) is 9.97. The Hall–Kier alpha value is -1.94. The van der Waals surface area contributed by atoms with Crippen LogP contribution in [-0.4, -0.2) is 12.1 Å². The summed E-state index contributed by atoms with van der Waals surface area (Å²) in [4.78, 5) is 4.22. The Morgan fingerprint density at radius 1 is 1.12 bits per heavy atom. The number of anilines is 2. The van der Waals surface area contributed by atoms with Gasteiger partial charge in [-0.25, -0.2) is 4.39 Å². The standard InChI is InChI=1S/C13H13FN2O/c1-17-9-13-7-6-12(8-15-13)16-11-4-2-10(14)3-5-11/h2-8,16H,9H2,1H3. The Balaban J connectivity index is 2.05. The summed E-state index contributed by atoms with van der Waals surface area (Å²) in [7, 11) is 1.63. The first kappa shape index (κ1) is 11.5. The van der Waals surface area contributed by atoms with Gasteiger partial charge in [0.05, 0.1) is 24.2 Å². The number of nitrogens with one attached hydrogen (secondary N) is 1. The number of benzene rings is 1. The lowest BCUT2D eigenvalue weighted by Crippen LogP contribution is -1.95. The molecule has 3 nitrogen and oxygen atoms in total. The van der Waals surface area contributed by atoms with Gasteiger partial charge in [0, 0.05) is 12.8 Å². The van der Waals surface area contributed by atoms with E-state index in [1.807, 2.05) is 12.1 Å². The molecule has 0 amide bonds. The van der Waals surface area contributed by atoms with Gasteiger partial charge in [-0.2, -0.15) is 0 Å². The lowest BCUT2D eigenvalue weighted by Gasteiger charge is -2.06. The Morgan fingerprint density at radius 2 is 1.82 bits per heavy atom. The third-order valence-corrected chi connectivity index (χ3v) is 2.25. The molecule has 1 N–H and O–H groups in total. The van der Waals surface area contributed by atoms with E-state index in [0.717, 1.165) is 17.1 Å². The van der Waals surface area contributed by atoms with Gasteiger partial charge in [0.15, 0.2) is 0 Å². The minimum absolute atomic E-state index is 0.246. The van der Waals surface area contributed by atoms with Gasteiger partial charge in [-0.05, 0) is 36.4 Å². The smallest absolute Gasteiger partial charge is 0.123 e. The van der Waals surface area contributed by atoms with E-state index in [1.54, 1.807) is 25.4 Å². The average Bonchev–Trinajstić information content (AvgIpc) is 2.35. The van der Waals surface area contributed by atoms with Crippen molar-refractivity contribution in [3.8, 4) is 0 Å². The molecule has 17 heavy (non-hydrogen) atoms. The minimum atomic E-state index is -0.246. The Bertz CT molecular complexity index is 468. The molecule has 0 saturated heterocycles. The number of ether oxygens (including phenoxy) is 1. The fourth-order valence-electron chi connectivity index (χ4n) is 1.43. The van der Waals surface area contributed by atoms with E-state index in [9.17, 15) is 4.39 Å². The van der Waals surface area contributed by atoms with E-state index >= 15 is 0 Å². The molecular formula is C13H13FN2O. The third-order valence-electron chi connectivity index (χ3n) is 2.25. The molecule has 0 aliphatic rings. The van der Waals surface area contributed by atoms with Crippen LogP contribution < -0.4 is 5.32 Å². The molecule has 88 valence electrons. The van der Waals surface area contributed by atoms with E-state index < -0.39 is 0 Å². The maximum Gasteiger partial charge on any atom is 0.123 e. The van der Waals surface area contributed by atoms with Crippen molar-refractivity contribution in [3.05, 3.63) is 54.1 Å². The number of nitrogens with zero attached hydrogens (tertiary/aromatic N) is 1. The number of rotatable bonds is 4. The second kappa shape index (κ2) is 5.41. The zero-order chi connectivity index (χ0) is 12.1. The number of methoxy groups -OCH3 is 1. The molecular weight excluding hydrogens is 219 g/mol. The van der Waals surface area contributed by atoms with Crippen LogP contribution in [0.1, 0.15) is 5.69 Å². The first-order valence-electron chi connectivity index (χ1n) is 5.24. The summed E-state index contributed by atoms with van der Waals surface area (Å²) in [5, 5.41) is 3.13. The van der Waals surface area contributed by atoms with Crippen LogP contribution in [0, 0.1) is 5.82 Å². The maximum atomic E-state index is 12.7. The first-order chi connectivity index (χ1) is 8.28. The minimum Gasteiger partial charge on any atom is -0.378 e. The van der Waals surface area contributed by atoms with Gasteiger partial charge >= 0.3 is 0 Å². The number of hydrogen-bond donors (Lipinski definition) is 1. The molecule has 1 aromatic heterocycles. The fraction of sp³-hybridized carbons (Fsp3) is 0.154. The summed E-state index contributed by atoms with van der Waals surface area (Å²) in [6.45, 7) is 0.497. The average molecular weight is 232 g/mol. The van der Waals surface area contributed by atoms with Crippen LogP contribution in [0.2, 0.25) is 0 Å². The SMILES string of the molecule is COCc1ccc(Nc2ccc(F)cc2)cn1. The quantitative estimate of drug-likeness (QED) is 0.879. The fourth-order valence-corrected chi connectivity index (χ4v) is 1.43. The molecule has 0 unspecified atom stereocenters. The van der Waals surface area contributed by atoms with Crippen LogP contribution in [0.15, 0.2) is 42.6 Å². The molecule has 2 aromatic rings. The predicted molar refractivity (Wildman–Crippen MR) is 64.6 cm³/mol. The Labute approximate surface area is 99.3 Å². The highest BCUT2D eigenvalue weighted by molar-refractivity contribution is 5.58. The molecule has 0 radical (unpaired) electrons. The number of hydrogen-bond acceptors (Lipinski definition) is 3. The van der Waals surface area contributed by atoms with Crippen LogP contribution in [0.3, 0.4) is 0 Å². The Kier molecular flexibility index (Phi) is 3.67. The van der Waals surface area contributed by atoms with Gasteiger partial charge in [-0.3, -0.25) is 4.98 Å². The van der Waals surface area contributed by atoms with E-state index in [1.165, 1.54) is 12.1 Å². The normalized spacial score (nSPS) is 10.2. The van der Waals surface area contributed by atoms with Crippen molar-refractivity contribution in [1.82, 2.24) is 4.98 Å². The number of aromatic nitrogens is 1. The topological polar surface area (TPSA) is 34.1 Å². The molecule has 0 spiro atoms. The molecule has 0 bridgehead atoms. The van der Waals surface area contributed by atoms with Gasteiger partial charge in [-0.1, -0.05) is 0 Å². The molecule has 1 heterocycles. The van der Waals surface area contributed by atoms with Crippen molar-refractivity contribution in [2.24, 2.45) is 0 Å². The second-order valence-corrected chi connectivity index (χ2v) is 3.60. The van der Waals surface area contributed by atoms with E-state index in [-0.39, 0.29) is 5.82 Å². The van der Waals surface area contributed by atoms with Gasteiger partial charge in [0.1, 0.15) is 5.82 Å². The van der Waals surface area contributed by atoms with Gasteiger partial charge in [0.25, 0.3) is 0 Å². The van der Waals surface area contributed by atoms with Crippen LogP contribution in [-0.2, 0) is 11.3 Å². The molecule has 0 aliphatic carbocycles. The van der Waals surface area contributed by atoms with Crippen LogP contribution in [0.5, 0.6) is 0 Å². The highest BCUT2D eigenvalue weighted by Gasteiger charge is 1.97. The second-order valence-electron chi connectivity index (χ2n) is 3.60. The summed E-state index contributed by atoms with van der Waals surface area (Å²) in [5.41, 5.74) is 2.56. The van der Waals surface area contributed by atoms with Crippen molar-refractivity contribution < 1.29 is 9.13 Å².